The number of halogens is 4. The Morgan fingerprint density at radius 1 is 0.333 bits per heavy atom. The zero-order chi connectivity index (χ0) is 52.3. The van der Waals surface area contributed by atoms with E-state index in [4.69, 9.17) is 9.47 Å². The van der Waals surface area contributed by atoms with Gasteiger partial charge in [0.2, 0.25) is 0 Å². The number of rotatable bonds is 14. The van der Waals surface area contributed by atoms with Crippen LogP contribution in [0.4, 0.5) is 17.6 Å². The van der Waals surface area contributed by atoms with Gasteiger partial charge in [0.15, 0.2) is 23.3 Å². The Hall–Kier alpha value is -8.00. The van der Waals surface area contributed by atoms with E-state index in [1.165, 1.54) is 0 Å². The fourth-order valence-electron chi connectivity index (χ4n) is 9.83. The van der Waals surface area contributed by atoms with Crippen molar-refractivity contribution in [1.29, 1.82) is 0 Å². The monoisotopic (exact) mass is 1120 g/mol. The molecule has 0 fully saturated rings. The molecule has 4 nitrogen and oxygen atoms in total. The van der Waals surface area contributed by atoms with Crippen LogP contribution in [0.5, 0.6) is 23.0 Å². The van der Waals surface area contributed by atoms with Crippen molar-refractivity contribution in [2.75, 3.05) is 0 Å². The molecule has 0 aliphatic heterocycles. The van der Waals surface area contributed by atoms with Gasteiger partial charge in [0.25, 0.3) is 0 Å². The molecular weight excluding hydrogens is 1060 g/mol. The van der Waals surface area contributed by atoms with E-state index in [0.717, 1.165) is 79.9 Å². The minimum Gasteiger partial charge on any atom is -0.507 e. The van der Waals surface area contributed by atoms with Crippen LogP contribution >= 0.6 is 0 Å². The normalized spacial score (nSPS) is 11.6. The minimum absolute atomic E-state index is 0. The minimum atomic E-state index is -1.15. The molecule has 0 aliphatic rings. The summed E-state index contributed by atoms with van der Waals surface area (Å²) in [5, 5.41) is 24.4. The number of benzene rings is 10. The van der Waals surface area contributed by atoms with Crippen molar-refractivity contribution in [2.45, 2.75) is 46.3 Å². The molecule has 0 saturated carbocycles. The van der Waals surface area contributed by atoms with Crippen LogP contribution in [0.3, 0.4) is 0 Å². The number of aryl methyl sites for hydroxylation is 2. The molecule has 0 unspecified atom stereocenters. The molecule has 2 atom stereocenters. The summed E-state index contributed by atoms with van der Waals surface area (Å²) in [4.78, 5) is 0. The number of hydrogen-bond donors (Lipinski definition) is 2. The predicted molar refractivity (Wildman–Crippen MR) is 307 cm³/mol. The van der Waals surface area contributed by atoms with Crippen LogP contribution in [0, 0.1) is 52.0 Å². The van der Waals surface area contributed by atoms with Crippen molar-refractivity contribution in [3.63, 3.8) is 0 Å². The van der Waals surface area contributed by atoms with Gasteiger partial charge in [-0.1, -0.05) is 121 Å². The van der Waals surface area contributed by atoms with Crippen LogP contribution in [0.1, 0.15) is 31.4 Å². The Morgan fingerprint density at radius 2 is 0.590 bits per heavy atom. The van der Waals surface area contributed by atoms with E-state index in [-0.39, 0.29) is 92.7 Å². The molecule has 10 aromatic rings. The van der Waals surface area contributed by atoms with Crippen molar-refractivity contribution < 1.29 is 63.5 Å². The molecule has 78 heavy (non-hydrogen) atoms. The SMILES string of the molecule is Cc1cc(-c2cc(-c3ccccc3)cc(-c3ccccc3)c2)c(O)c(-c2cc(F)c(F)cc2O[C@H](C)C[C@H](C)Oc2cc(F)c(F)cc2-c2cc(C)cc(-c3cc(-c4ccccc4)cc(-c4ccccc4)c3)c2O)c1.[CH3-].[CH3-].[Zr+2]. The quantitative estimate of drug-likeness (QED) is 0.0841. The maximum atomic E-state index is 15.4. The molecule has 0 heterocycles. The fraction of sp³-hybridized carbons (Fsp3) is 0.101. The van der Waals surface area contributed by atoms with E-state index >= 15 is 17.6 Å². The summed E-state index contributed by atoms with van der Waals surface area (Å²) in [5.74, 6) is -4.91. The van der Waals surface area contributed by atoms with Gasteiger partial charge in [-0.3, -0.25) is 0 Å². The Morgan fingerprint density at radius 3 is 0.885 bits per heavy atom. The van der Waals surface area contributed by atoms with E-state index in [9.17, 15) is 10.2 Å². The molecule has 2 N–H and O–H groups in total. The van der Waals surface area contributed by atoms with Gasteiger partial charge in [0.05, 0.1) is 12.2 Å². The third-order valence-electron chi connectivity index (χ3n) is 13.4. The molecule has 0 aliphatic carbocycles. The Labute approximate surface area is 474 Å². The Balaban J connectivity index is 0.00000294. The predicted octanol–water partition coefficient (Wildman–Crippen LogP) is 19.1. The largest absolute Gasteiger partial charge is 2.00 e. The van der Waals surface area contributed by atoms with E-state index < -0.39 is 35.5 Å². The van der Waals surface area contributed by atoms with E-state index in [2.05, 4.69) is 12.1 Å². The van der Waals surface area contributed by atoms with Crippen LogP contribution in [0.25, 0.3) is 89.0 Å². The zero-order valence-electron chi connectivity index (χ0n) is 44.2. The zero-order valence-corrected chi connectivity index (χ0v) is 46.7. The van der Waals surface area contributed by atoms with Crippen molar-refractivity contribution in [1.82, 2.24) is 0 Å². The summed E-state index contributed by atoms with van der Waals surface area (Å²) in [7, 11) is 0. The smallest absolute Gasteiger partial charge is 0.507 e. The van der Waals surface area contributed by atoms with E-state index in [1.807, 2.05) is 172 Å². The Kier molecular flexibility index (Phi) is 18.5. The Bertz CT molecular complexity index is 3340. The number of hydrogen-bond acceptors (Lipinski definition) is 4. The topological polar surface area (TPSA) is 58.9 Å². The summed E-state index contributed by atoms with van der Waals surface area (Å²) in [6.07, 6.45) is -1.32. The van der Waals surface area contributed by atoms with Crippen LogP contribution in [0.2, 0.25) is 0 Å². The first kappa shape index (κ1) is 57.7. The van der Waals surface area contributed by atoms with Crippen LogP contribution in [0.15, 0.2) is 206 Å². The second kappa shape index (κ2) is 25.0. The van der Waals surface area contributed by atoms with Gasteiger partial charge in [-0.2, -0.15) is 0 Å². The van der Waals surface area contributed by atoms with Gasteiger partial charge in [-0.05, 0) is 167 Å². The van der Waals surface area contributed by atoms with Gasteiger partial charge in [-0.15, -0.1) is 0 Å². The first-order valence-electron chi connectivity index (χ1n) is 24.8. The molecule has 9 heteroatoms. The van der Waals surface area contributed by atoms with Crippen molar-refractivity contribution in [2.24, 2.45) is 0 Å². The van der Waals surface area contributed by atoms with E-state index in [1.54, 1.807) is 26.0 Å². The summed E-state index contributed by atoms with van der Waals surface area (Å²) in [6, 6.07) is 62.9. The standard InChI is InChI=1S/C67H52F4O4.2CH3.Zr/c1-40-25-54(52-32-48(44-17-9-5-10-18-44)30-49(33-52)45-19-11-6-12-20-45)66(72)58(27-40)56-36-60(68)62(70)38-64(56)74-42(3)29-43(4)75-65-39-63(71)61(69)37-57(65)59-28-41(2)26-55(67(59)73)53-34-50(46-21-13-7-14-22-46)31-51(35-53)47-23-15-8-16-24-47;;;/h5-28,30-39,42-43,72-73H,29H2,1-4H3;2*1H3;/q;2*-1;+2/t42-,43+;;;. The summed E-state index contributed by atoms with van der Waals surface area (Å²) >= 11 is 0. The van der Waals surface area contributed by atoms with Crippen molar-refractivity contribution in [3.8, 4) is 112 Å². The first-order valence-corrected chi connectivity index (χ1v) is 24.8. The maximum absolute atomic E-state index is 15.4. The van der Waals surface area contributed by atoms with Gasteiger partial charge < -0.3 is 34.5 Å². The first-order chi connectivity index (χ1) is 36.3. The molecular formula is C69H58F4O4Zr. The fourth-order valence-corrected chi connectivity index (χ4v) is 9.83. The van der Waals surface area contributed by atoms with Gasteiger partial charge in [0.1, 0.15) is 23.0 Å². The molecule has 390 valence electrons. The maximum Gasteiger partial charge on any atom is 2.00 e. The summed E-state index contributed by atoms with van der Waals surface area (Å²) in [6.45, 7) is 7.18. The third kappa shape index (κ3) is 12.5. The average Bonchev–Trinajstić information content (AvgIpc) is 3.50. The molecule has 0 aromatic heterocycles. The number of aromatic hydroxyl groups is 2. The van der Waals surface area contributed by atoms with Crippen molar-refractivity contribution >= 4 is 0 Å². The molecule has 0 saturated heterocycles. The molecule has 10 rings (SSSR count). The van der Waals surface area contributed by atoms with Crippen molar-refractivity contribution in [3.05, 3.63) is 256 Å². The molecule has 0 amide bonds. The molecule has 0 bridgehead atoms. The van der Waals surface area contributed by atoms with Crippen LogP contribution < -0.4 is 9.47 Å². The number of ether oxygens (including phenoxy) is 2. The number of phenolic OH excluding ortho intramolecular Hbond substituents is 2. The second-order valence-corrected chi connectivity index (χ2v) is 19.1. The van der Waals surface area contributed by atoms with Gasteiger partial charge in [-0.25, -0.2) is 17.6 Å². The molecule has 10 aromatic carbocycles. The molecule has 0 spiro atoms. The van der Waals surface area contributed by atoms with Crippen LogP contribution in [-0.4, -0.2) is 22.4 Å². The summed E-state index contributed by atoms with van der Waals surface area (Å²) in [5.41, 5.74) is 12.2. The third-order valence-corrected chi connectivity index (χ3v) is 13.4. The van der Waals surface area contributed by atoms with Gasteiger partial charge >= 0.3 is 26.2 Å². The van der Waals surface area contributed by atoms with E-state index in [0.29, 0.717) is 22.3 Å². The average molecular weight is 1120 g/mol. The number of phenols is 2. The second-order valence-electron chi connectivity index (χ2n) is 19.1. The van der Waals surface area contributed by atoms with Crippen LogP contribution in [-0.2, 0) is 26.2 Å². The summed E-state index contributed by atoms with van der Waals surface area (Å²) < 4.78 is 74.0. The van der Waals surface area contributed by atoms with Gasteiger partial charge in [0, 0.05) is 51.9 Å². The molecule has 0 radical (unpaired) electrons.